The molecule has 156 valence electrons. The molecule has 0 unspecified atom stereocenters. The largest absolute Gasteiger partial charge is 0.339 e. The van der Waals surface area contributed by atoms with E-state index in [1.54, 1.807) is 12.1 Å². The second kappa shape index (κ2) is 9.41. The monoisotopic (exact) mass is 425 g/mol. The highest BCUT2D eigenvalue weighted by Gasteiger charge is 2.24. The molecule has 6 nitrogen and oxygen atoms in total. The Balaban J connectivity index is 1.24. The van der Waals surface area contributed by atoms with Gasteiger partial charge in [0.05, 0.1) is 26.2 Å². The van der Waals surface area contributed by atoms with E-state index in [9.17, 15) is 4.79 Å². The van der Waals surface area contributed by atoms with Crippen molar-refractivity contribution in [1.82, 2.24) is 15.0 Å². The molecular formula is C23H26ClN4O2+. The number of carbonyl (C=O) groups is 1. The maximum absolute atomic E-state index is 12.6. The van der Waals surface area contributed by atoms with Gasteiger partial charge in [0.15, 0.2) is 0 Å². The maximum atomic E-state index is 12.6. The molecule has 7 heteroatoms. The van der Waals surface area contributed by atoms with Crippen molar-refractivity contribution in [3.63, 3.8) is 0 Å². The molecule has 3 aromatic rings. The second-order valence-electron chi connectivity index (χ2n) is 7.75. The van der Waals surface area contributed by atoms with Gasteiger partial charge in [-0.2, -0.15) is 4.98 Å². The van der Waals surface area contributed by atoms with Gasteiger partial charge in [-0.3, -0.25) is 4.79 Å². The molecule has 4 rings (SSSR count). The molecule has 1 aliphatic rings. The lowest BCUT2D eigenvalue weighted by Crippen LogP contribution is -3.13. The fourth-order valence-corrected chi connectivity index (χ4v) is 3.90. The van der Waals surface area contributed by atoms with E-state index in [0.29, 0.717) is 29.6 Å². The van der Waals surface area contributed by atoms with Crippen LogP contribution in [0.25, 0.3) is 11.4 Å². The Hall–Kier alpha value is -2.70. The Morgan fingerprint density at radius 1 is 1.13 bits per heavy atom. The summed E-state index contributed by atoms with van der Waals surface area (Å²) in [7, 11) is 0. The molecule has 1 N–H and O–H groups in total. The second-order valence-corrected chi connectivity index (χ2v) is 8.19. The van der Waals surface area contributed by atoms with Gasteiger partial charge in [0.1, 0.15) is 6.54 Å². The molecule has 0 atom stereocenters. The molecular weight excluding hydrogens is 400 g/mol. The molecule has 1 aliphatic heterocycles. The minimum Gasteiger partial charge on any atom is -0.339 e. The number of aryl methyl sites for hydroxylation is 2. The van der Waals surface area contributed by atoms with Gasteiger partial charge in [-0.1, -0.05) is 41.0 Å². The SMILES string of the molecule is Cc1ccccc1C[NH+]1CCN(C(=O)CCc2nc(-c3ccc(Cl)cc3)no2)CC1. The van der Waals surface area contributed by atoms with E-state index < -0.39 is 0 Å². The van der Waals surface area contributed by atoms with Crippen LogP contribution in [0.5, 0.6) is 0 Å². The van der Waals surface area contributed by atoms with Crippen LogP contribution in [0.2, 0.25) is 5.02 Å². The Labute approximate surface area is 181 Å². The zero-order chi connectivity index (χ0) is 20.9. The summed E-state index contributed by atoms with van der Waals surface area (Å²) in [5.74, 6) is 1.15. The average Bonchev–Trinajstić information content (AvgIpc) is 3.24. The minimum absolute atomic E-state index is 0.149. The molecule has 0 radical (unpaired) electrons. The zero-order valence-corrected chi connectivity index (χ0v) is 17.9. The van der Waals surface area contributed by atoms with Crippen molar-refractivity contribution in [2.24, 2.45) is 0 Å². The van der Waals surface area contributed by atoms with Gasteiger partial charge in [0, 0.05) is 29.0 Å². The van der Waals surface area contributed by atoms with Gasteiger partial charge in [-0.15, -0.1) is 0 Å². The van der Waals surface area contributed by atoms with Crippen molar-refractivity contribution in [2.45, 2.75) is 26.3 Å². The van der Waals surface area contributed by atoms with Crippen LogP contribution in [0.4, 0.5) is 0 Å². The number of piperazine rings is 1. The van der Waals surface area contributed by atoms with Crippen LogP contribution in [-0.4, -0.2) is 47.1 Å². The van der Waals surface area contributed by atoms with Crippen LogP contribution >= 0.6 is 11.6 Å². The quantitative estimate of drug-likeness (QED) is 0.659. The summed E-state index contributed by atoms with van der Waals surface area (Å²) >= 11 is 5.91. The molecule has 2 aromatic carbocycles. The summed E-state index contributed by atoms with van der Waals surface area (Å²) in [6.07, 6.45) is 0.838. The van der Waals surface area contributed by atoms with E-state index in [4.69, 9.17) is 16.1 Å². The third-order valence-corrected chi connectivity index (χ3v) is 5.90. The van der Waals surface area contributed by atoms with Crippen LogP contribution in [0.15, 0.2) is 53.1 Å². The first kappa shape index (κ1) is 20.6. The Kier molecular flexibility index (Phi) is 6.45. The maximum Gasteiger partial charge on any atom is 0.227 e. The number of aromatic nitrogens is 2. The standard InChI is InChI=1S/C23H25ClN4O2/c1-17-4-2-3-5-19(17)16-27-12-14-28(15-13-27)22(29)11-10-21-25-23(26-30-21)18-6-8-20(24)9-7-18/h2-9H,10-16H2,1H3/p+1. The molecule has 1 amide bonds. The van der Waals surface area contributed by atoms with Crippen LogP contribution in [0.3, 0.4) is 0 Å². The van der Waals surface area contributed by atoms with E-state index in [1.807, 2.05) is 17.0 Å². The molecule has 0 saturated carbocycles. The van der Waals surface area contributed by atoms with Crippen molar-refractivity contribution in [2.75, 3.05) is 26.2 Å². The van der Waals surface area contributed by atoms with Gasteiger partial charge in [-0.25, -0.2) is 0 Å². The number of rotatable bonds is 6. The van der Waals surface area contributed by atoms with Crippen LogP contribution in [0.1, 0.15) is 23.4 Å². The fourth-order valence-electron chi connectivity index (χ4n) is 3.77. The van der Waals surface area contributed by atoms with Gasteiger partial charge >= 0.3 is 0 Å². The lowest BCUT2D eigenvalue weighted by molar-refractivity contribution is -0.917. The van der Waals surface area contributed by atoms with Crippen molar-refractivity contribution < 1.29 is 14.2 Å². The first-order valence-corrected chi connectivity index (χ1v) is 10.7. The van der Waals surface area contributed by atoms with Crippen molar-refractivity contribution in [3.8, 4) is 11.4 Å². The summed E-state index contributed by atoms with van der Waals surface area (Å²) < 4.78 is 5.31. The number of nitrogens with one attached hydrogen (secondary N) is 1. The number of hydrogen-bond donors (Lipinski definition) is 1. The zero-order valence-electron chi connectivity index (χ0n) is 17.1. The molecule has 1 saturated heterocycles. The van der Waals surface area contributed by atoms with Crippen molar-refractivity contribution in [3.05, 3.63) is 70.6 Å². The van der Waals surface area contributed by atoms with E-state index in [1.165, 1.54) is 16.0 Å². The lowest BCUT2D eigenvalue weighted by Gasteiger charge is -2.32. The van der Waals surface area contributed by atoms with E-state index >= 15 is 0 Å². The number of hydrogen-bond acceptors (Lipinski definition) is 4. The predicted octanol–water partition coefficient (Wildman–Crippen LogP) is 2.56. The summed E-state index contributed by atoms with van der Waals surface area (Å²) in [6.45, 7) is 6.71. The van der Waals surface area contributed by atoms with Gasteiger partial charge in [0.2, 0.25) is 17.6 Å². The highest BCUT2D eigenvalue weighted by Crippen LogP contribution is 2.19. The Morgan fingerprint density at radius 3 is 2.60 bits per heavy atom. The molecule has 0 bridgehead atoms. The lowest BCUT2D eigenvalue weighted by atomic mass is 10.1. The Morgan fingerprint density at radius 2 is 1.87 bits per heavy atom. The third kappa shape index (κ3) is 5.07. The molecule has 1 aromatic heterocycles. The topological polar surface area (TPSA) is 63.7 Å². The normalized spacial score (nSPS) is 14.8. The van der Waals surface area contributed by atoms with Crippen LogP contribution in [-0.2, 0) is 17.8 Å². The number of nitrogens with zero attached hydrogens (tertiary/aromatic N) is 3. The number of amides is 1. The van der Waals surface area contributed by atoms with Gasteiger partial charge in [0.25, 0.3) is 0 Å². The van der Waals surface area contributed by atoms with Crippen molar-refractivity contribution in [1.29, 1.82) is 0 Å². The first-order valence-electron chi connectivity index (χ1n) is 10.3. The van der Waals surface area contributed by atoms with E-state index in [2.05, 4.69) is 41.3 Å². The van der Waals surface area contributed by atoms with Crippen molar-refractivity contribution >= 4 is 17.5 Å². The minimum atomic E-state index is 0.149. The fraction of sp³-hybridized carbons (Fsp3) is 0.348. The Bertz CT molecular complexity index is 994. The van der Waals surface area contributed by atoms with E-state index in [-0.39, 0.29) is 5.91 Å². The number of quaternary nitrogens is 1. The average molecular weight is 426 g/mol. The predicted molar refractivity (Wildman–Crippen MR) is 115 cm³/mol. The smallest absolute Gasteiger partial charge is 0.227 e. The third-order valence-electron chi connectivity index (χ3n) is 5.65. The summed E-state index contributed by atoms with van der Waals surface area (Å²) in [5, 5.41) is 4.67. The highest BCUT2D eigenvalue weighted by molar-refractivity contribution is 6.30. The molecule has 30 heavy (non-hydrogen) atoms. The molecule has 0 aliphatic carbocycles. The first-order chi connectivity index (χ1) is 14.6. The van der Waals surface area contributed by atoms with Crippen LogP contribution < -0.4 is 4.90 Å². The molecule has 1 fully saturated rings. The number of benzene rings is 2. The summed E-state index contributed by atoms with van der Waals surface area (Å²) in [4.78, 5) is 20.5. The number of halogens is 1. The molecule has 0 spiro atoms. The molecule has 2 heterocycles. The van der Waals surface area contributed by atoms with Gasteiger partial charge < -0.3 is 14.3 Å². The van der Waals surface area contributed by atoms with E-state index in [0.717, 1.165) is 38.3 Å². The highest BCUT2D eigenvalue weighted by atomic mass is 35.5. The van der Waals surface area contributed by atoms with Gasteiger partial charge in [-0.05, 0) is 36.8 Å². The van der Waals surface area contributed by atoms with Crippen LogP contribution in [0, 0.1) is 6.92 Å². The summed E-state index contributed by atoms with van der Waals surface area (Å²) in [6, 6.07) is 15.8. The number of carbonyl (C=O) groups excluding carboxylic acids is 1. The summed E-state index contributed by atoms with van der Waals surface area (Å²) in [5.41, 5.74) is 3.56.